The third kappa shape index (κ3) is 5.30. The highest BCUT2D eigenvalue weighted by Gasteiger charge is 2.21. The minimum Gasteiger partial charge on any atom is -0.310 e. The summed E-state index contributed by atoms with van der Waals surface area (Å²) in [4.78, 5) is 2.45. The molecule has 0 spiro atoms. The molecule has 0 saturated heterocycles. The van der Waals surface area contributed by atoms with E-state index in [1.165, 1.54) is 85.7 Å². The van der Waals surface area contributed by atoms with Gasteiger partial charge in [0.15, 0.2) is 0 Å². The molecule has 0 aliphatic heterocycles. The Bertz CT molecular complexity index is 3850. The molecule has 0 saturated carbocycles. The predicted octanol–water partition coefficient (Wildman–Crippen LogP) is 16.5. The minimum atomic E-state index is 1.10. The van der Waals surface area contributed by atoms with Crippen LogP contribution >= 0.6 is 11.3 Å². The fourth-order valence-electron chi connectivity index (χ4n) is 9.95. The van der Waals surface area contributed by atoms with Crippen molar-refractivity contribution in [3.05, 3.63) is 224 Å². The maximum absolute atomic E-state index is 2.45. The molecule has 4 heteroatoms. The molecule has 0 bridgehead atoms. The second-order valence-corrected chi connectivity index (χ2v) is 17.2. The van der Waals surface area contributed by atoms with Crippen LogP contribution in [0.25, 0.3) is 97.1 Å². The summed E-state index contributed by atoms with van der Waals surface area (Å²) in [6, 6.07) is 82.1. The largest absolute Gasteiger partial charge is 0.310 e. The molecule has 13 aromatic rings. The molecule has 10 aromatic carbocycles. The third-order valence-corrected chi connectivity index (χ3v) is 13.8. The standard InChI is InChI=1S/C58H37N3S/c1-2-14-41(15-3-1)61-50-20-9-6-17-46(50)47-35-34-44(37-54(47)61)59(52-22-12-24-56-58(52)49-19-8-11-23-55(49)62-56)42-30-25-38(26-31-42)39-27-32-43(33-28-39)60-51-21-10-7-18-48(51)57-45-16-5-4-13-40(45)29-36-53(57)60/h1-37H. The Kier molecular flexibility index (Phi) is 7.78. The summed E-state index contributed by atoms with van der Waals surface area (Å²) in [7, 11) is 0. The molecule has 62 heavy (non-hydrogen) atoms. The zero-order chi connectivity index (χ0) is 40.7. The van der Waals surface area contributed by atoms with Gasteiger partial charge in [0, 0.05) is 64.5 Å². The average molecular weight is 808 g/mol. The van der Waals surface area contributed by atoms with Gasteiger partial charge in [0.25, 0.3) is 0 Å². The van der Waals surface area contributed by atoms with Gasteiger partial charge in [-0.15, -0.1) is 11.3 Å². The summed E-state index contributed by atoms with van der Waals surface area (Å²) in [5.74, 6) is 0. The van der Waals surface area contributed by atoms with Gasteiger partial charge in [-0.05, 0) is 107 Å². The summed E-state index contributed by atoms with van der Waals surface area (Å²) >= 11 is 1.86. The first-order valence-corrected chi connectivity index (χ1v) is 22.0. The van der Waals surface area contributed by atoms with Crippen molar-refractivity contribution in [3.8, 4) is 22.5 Å². The third-order valence-electron chi connectivity index (χ3n) is 12.7. The summed E-state index contributed by atoms with van der Waals surface area (Å²) in [6.45, 7) is 0. The van der Waals surface area contributed by atoms with E-state index < -0.39 is 0 Å². The van der Waals surface area contributed by atoms with Crippen molar-refractivity contribution >= 4 is 103 Å². The van der Waals surface area contributed by atoms with Crippen molar-refractivity contribution in [1.82, 2.24) is 9.13 Å². The van der Waals surface area contributed by atoms with E-state index >= 15 is 0 Å². The maximum atomic E-state index is 2.45. The van der Waals surface area contributed by atoms with E-state index in [4.69, 9.17) is 0 Å². The molecule has 13 rings (SSSR count). The Balaban J connectivity index is 0.950. The summed E-state index contributed by atoms with van der Waals surface area (Å²) < 4.78 is 7.38. The Morgan fingerprint density at radius 1 is 0.323 bits per heavy atom. The number of hydrogen-bond donors (Lipinski definition) is 0. The number of anilines is 3. The fraction of sp³-hybridized carbons (Fsp3) is 0. The fourth-order valence-corrected chi connectivity index (χ4v) is 11.1. The molecular weight excluding hydrogens is 771 g/mol. The Hall–Kier alpha value is -7.92. The SMILES string of the molecule is c1ccc(-n2c3ccccc3c3ccc(N(c4ccc(-c5ccc(-n6c7ccccc7c7c8ccccc8ccc76)cc5)cc4)c4cccc5sc6ccccc6c45)cc32)cc1. The van der Waals surface area contributed by atoms with Gasteiger partial charge in [0.2, 0.25) is 0 Å². The van der Waals surface area contributed by atoms with Crippen LogP contribution < -0.4 is 4.90 Å². The van der Waals surface area contributed by atoms with Gasteiger partial charge < -0.3 is 14.0 Å². The predicted molar refractivity (Wildman–Crippen MR) is 266 cm³/mol. The van der Waals surface area contributed by atoms with Crippen LogP contribution in [-0.2, 0) is 0 Å². The van der Waals surface area contributed by atoms with E-state index in [1.807, 2.05) is 11.3 Å². The average Bonchev–Trinajstić information content (AvgIpc) is 4.00. The molecule has 0 aliphatic rings. The minimum absolute atomic E-state index is 1.10. The molecule has 3 aromatic heterocycles. The number of para-hydroxylation sites is 3. The van der Waals surface area contributed by atoms with Crippen molar-refractivity contribution in [2.24, 2.45) is 0 Å². The summed E-state index contributed by atoms with van der Waals surface area (Å²) in [5, 5.41) is 10.2. The second kappa shape index (κ2) is 13.8. The van der Waals surface area contributed by atoms with Gasteiger partial charge in [-0.25, -0.2) is 0 Å². The van der Waals surface area contributed by atoms with Crippen LogP contribution in [0.3, 0.4) is 0 Å². The molecule has 290 valence electrons. The summed E-state index contributed by atoms with van der Waals surface area (Å²) in [6.07, 6.45) is 0. The number of thiophene rings is 1. The highest BCUT2D eigenvalue weighted by molar-refractivity contribution is 7.26. The van der Waals surface area contributed by atoms with Gasteiger partial charge in [-0.3, -0.25) is 0 Å². The van der Waals surface area contributed by atoms with Gasteiger partial charge in [0.05, 0.1) is 27.8 Å². The van der Waals surface area contributed by atoms with E-state index in [-0.39, 0.29) is 0 Å². The lowest BCUT2D eigenvalue weighted by atomic mass is 10.0. The first-order chi connectivity index (χ1) is 30.8. The van der Waals surface area contributed by atoms with E-state index in [1.54, 1.807) is 0 Å². The van der Waals surface area contributed by atoms with E-state index in [0.717, 1.165) is 28.4 Å². The van der Waals surface area contributed by atoms with Crippen LogP contribution in [-0.4, -0.2) is 9.13 Å². The molecule has 0 fully saturated rings. The van der Waals surface area contributed by atoms with Crippen molar-refractivity contribution in [3.63, 3.8) is 0 Å². The van der Waals surface area contributed by atoms with Crippen molar-refractivity contribution in [2.45, 2.75) is 0 Å². The smallest absolute Gasteiger partial charge is 0.0561 e. The zero-order valence-electron chi connectivity index (χ0n) is 33.6. The van der Waals surface area contributed by atoms with Gasteiger partial charge in [-0.1, -0.05) is 140 Å². The quantitative estimate of drug-likeness (QED) is 0.163. The van der Waals surface area contributed by atoms with Crippen LogP contribution in [0.4, 0.5) is 17.1 Å². The second-order valence-electron chi connectivity index (χ2n) is 16.1. The van der Waals surface area contributed by atoms with Crippen molar-refractivity contribution in [2.75, 3.05) is 4.90 Å². The molecule has 0 atom stereocenters. The van der Waals surface area contributed by atoms with Crippen LogP contribution in [0, 0.1) is 0 Å². The van der Waals surface area contributed by atoms with Crippen molar-refractivity contribution in [1.29, 1.82) is 0 Å². The molecule has 3 nitrogen and oxygen atoms in total. The number of rotatable bonds is 6. The molecule has 0 unspecified atom stereocenters. The Morgan fingerprint density at radius 2 is 0.903 bits per heavy atom. The molecule has 0 aliphatic carbocycles. The first-order valence-electron chi connectivity index (χ1n) is 21.2. The number of benzene rings is 10. The molecule has 0 radical (unpaired) electrons. The van der Waals surface area contributed by atoms with Crippen LogP contribution in [0.15, 0.2) is 224 Å². The van der Waals surface area contributed by atoms with Crippen LogP contribution in [0.5, 0.6) is 0 Å². The van der Waals surface area contributed by atoms with E-state index in [2.05, 4.69) is 238 Å². The van der Waals surface area contributed by atoms with Gasteiger partial charge in [-0.2, -0.15) is 0 Å². The normalized spacial score (nSPS) is 11.9. The molecule has 3 heterocycles. The zero-order valence-corrected chi connectivity index (χ0v) is 34.4. The van der Waals surface area contributed by atoms with Crippen LogP contribution in [0.1, 0.15) is 0 Å². The number of hydrogen-bond acceptors (Lipinski definition) is 2. The first kappa shape index (κ1) is 34.9. The lowest BCUT2D eigenvalue weighted by Crippen LogP contribution is -2.10. The topological polar surface area (TPSA) is 13.1 Å². The Labute approximate surface area is 362 Å². The molecular formula is C58H37N3S. The monoisotopic (exact) mass is 807 g/mol. The maximum Gasteiger partial charge on any atom is 0.0561 e. The van der Waals surface area contributed by atoms with Gasteiger partial charge >= 0.3 is 0 Å². The number of nitrogens with zero attached hydrogens (tertiary/aromatic N) is 3. The van der Waals surface area contributed by atoms with Crippen LogP contribution in [0.2, 0.25) is 0 Å². The number of aromatic nitrogens is 2. The Morgan fingerprint density at radius 3 is 1.71 bits per heavy atom. The van der Waals surface area contributed by atoms with E-state index in [9.17, 15) is 0 Å². The van der Waals surface area contributed by atoms with Gasteiger partial charge in [0.1, 0.15) is 0 Å². The van der Waals surface area contributed by atoms with E-state index in [0.29, 0.717) is 0 Å². The highest BCUT2D eigenvalue weighted by Crippen LogP contribution is 2.46. The van der Waals surface area contributed by atoms with Crippen molar-refractivity contribution < 1.29 is 0 Å². The lowest BCUT2D eigenvalue weighted by Gasteiger charge is -2.27. The lowest BCUT2D eigenvalue weighted by molar-refractivity contribution is 1.18. The highest BCUT2D eigenvalue weighted by atomic mass is 32.1. The molecule has 0 N–H and O–H groups in total. The summed E-state index contributed by atoms with van der Waals surface area (Å²) in [5.41, 5.74) is 12.8. The number of fused-ring (bicyclic) bond motifs is 11. The molecule has 0 amide bonds.